The summed E-state index contributed by atoms with van der Waals surface area (Å²) in [6, 6.07) is 1.53. The summed E-state index contributed by atoms with van der Waals surface area (Å²) >= 11 is 5.78. The molecule has 1 aliphatic rings. The van der Waals surface area contributed by atoms with E-state index in [1.807, 2.05) is 0 Å². The average Bonchev–Trinajstić information content (AvgIpc) is 2.62. The Bertz CT molecular complexity index is 607. The van der Waals surface area contributed by atoms with Crippen LogP contribution in [0.15, 0.2) is 17.9 Å². The van der Waals surface area contributed by atoms with Crippen molar-refractivity contribution in [1.82, 2.24) is 0 Å². The Balaban J connectivity index is 2.33. The SMILES string of the molecule is CC1(C)OB(C(F)=Cc2c(F)cc(C(F)F)cc2Cl)OC1(C)C. The molecule has 0 spiro atoms. The van der Waals surface area contributed by atoms with Crippen LogP contribution in [-0.4, -0.2) is 18.3 Å². The summed E-state index contributed by atoms with van der Waals surface area (Å²) < 4.78 is 64.4. The van der Waals surface area contributed by atoms with Crippen molar-refractivity contribution in [3.63, 3.8) is 0 Å². The molecule has 23 heavy (non-hydrogen) atoms. The second kappa shape index (κ2) is 6.11. The van der Waals surface area contributed by atoms with E-state index >= 15 is 0 Å². The Hall–Kier alpha value is -1.05. The van der Waals surface area contributed by atoms with E-state index in [-0.39, 0.29) is 10.6 Å². The minimum Gasteiger partial charge on any atom is -0.398 e. The molecule has 2 rings (SSSR count). The Morgan fingerprint density at radius 2 is 1.70 bits per heavy atom. The molecule has 2 nitrogen and oxygen atoms in total. The highest BCUT2D eigenvalue weighted by Crippen LogP contribution is 2.39. The Morgan fingerprint density at radius 1 is 1.17 bits per heavy atom. The van der Waals surface area contributed by atoms with Crippen LogP contribution in [0.3, 0.4) is 0 Å². The predicted molar refractivity (Wildman–Crippen MR) is 81.5 cm³/mol. The normalized spacial score (nSPS) is 20.4. The van der Waals surface area contributed by atoms with Gasteiger partial charge in [-0.15, -0.1) is 0 Å². The van der Waals surface area contributed by atoms with E-state index in [0.29, 0.717) is 6.07 Å². The summed E-state index contributed by atoms with van der Waals surface area (Å²) in [4.78, 5) is 0. The van der Waals surface area contributed by atoms with Gasteiger partial charge < -0.3 is 9.31 Å². The molecular weight excluding hydrogens is 334 g/mol. The van der Waals surface area contributed by atoms with Gasteiger partial charge >= 0.3 is 7.12 Å². The van der Waals surface area contributed by atoms with Gasteiger partial charge in [0, 0.05) is 11.1 Å². The highest BCUT2D eigenvalue weighted by molar-refractivity contribution is 6.54. The molecule has 0 unspecified atom stereocenters. The molecule has 1 fully saturated rings. The molecule has 1 aromatic carbocycles. The van der Waals surface area contributed by atoms with E-state index in [1.54, 1.807) is 27.7 Å². The molecule has 126 valence electrons. The lowest BCUT2D eigenvalue weighted by atomic mass is 9.86. The first kappa shape index (κ1) is 18.3. The van der Waals surface area contributed by atoms with Gasteiger partial charge in [-0.2, -0.15) is 0 Å². The van der Waals surface area contributed by atoms with Crippen LogP contribution in [0.1, 0.15) is 45.2 Å². The molecule has 0 N–H and O–H groups in total. The van der Waals surface area contributed by atoms with Crippen molar-refractivity contribution in [3.05, 3.63) is 39.8 Å². The molecule has 0 atom stereocenters. The third-order valence-electron chi connectivity index (χ3n) is 4.11. The average molecular weight is 351 g/mol. The number of halogens is 5. The molecule has 8 heteroatoms. The molecular formula is C15H16BClF4O2. The molecule has 1 aliphatic heterocycles. The number of hydrogen-bond donors (Lipinski definition) is 0. The van der Waals surface area contributed by atoms with E-state index in [0.717, 1.165) is 12.1 Å². The molecule has 1 saturated heterocycles. The number of benzene rings is 1. The van der Waals surface area contributed by atoms with Crippen molar-refractivity contribution in [2.24, 2.45) is 0 Å². The fourth-order valence-electron chi connectivity index (χ4n) is 2.03. The maximum Gasteiger partial charge on any atom is 0.525 e. The summed E-state index contributed by atoms with van der Waals surface area (Å²) in [6.45, 7) is 6.97. The minimum atomic E-state index is -2.87. The zero-order valence-electron chi connectivity index (χ0n) is 13.1. The van der Waals surface area contributed by atoms with Crippen LogP contribution in [0, 0.1) is 5.82 Å². The second-order valence-electron chi connectivity index (χ2n) is 6.32. The summed E-state index contributed by atoms with van der Waals surface area (Å²) in [5, 5.41) is -0.313. The van der Waals surface area contributed by atoms with Crippen LogP contribution < -0.4 is 0 Å². The van der Waals surface area contributed by atoms with Crippen LogP contribution in [0.4, 0.5) is 17.6 Å². The standard InChI is InChI=1S/C15H16BClF4O2/c1-14(2)15(3,4)23-16(22-14)12(19)7-9-10(17)5-8(13(20)21)6-11(9)18/h5-7,13H,1-4H3. The second-order valence-corrected chi connectivity index (χ2v) is 6.72. The van der Waals surface area contributed by atoms with Crippen molar-refractivity contribution in [2.75, 3.05) is 0 Å². The zero-order chi connectivity index (χ0) is 17.6. The monoisotopic (exact) mass is 350 g/mol. The van der Waals surface area contributed by atoms with Crippen molar-refractivity contribution in [3.8, 4) is 0 Å². The van der Waals surface area contributed by atoms with Crippen LogP contribution in [0.5, 0.6) is 0 Å². The Kier molecular flexibility index (Phi) is 4.86. The van der Waals surface area contributed by atoms with E-state index in [2.05, 4.69) is 0 Å². The lowest BCUT2D eigenvalue weighted by Crippen LogP contribution is -2.41. The highest BCUT2D eigenvalue weighted by Gasteiger charge is 2.53. The molecule has 1 heterocycles. The van der Waals surface area contributed by atoms with Gasteiger partial charge in [0.1, 0.15) is 11.5 Å². The fraction of sp³-hybridized carbons (Fsp3) is 0.467. The summed E-state index contributed by atoms with van der Waals surface area (Å²) in [7, 11) is -1.31. The summed E-state index contributed by atoms with van der Waals surface area (Å²) in [5.41, 5.74) is -3.31. The summed E-state index contributed by atoms with van der Waals surface area (Å²) in [6.07, 6.45) is -2.07. The van der Waals surface area contributed by atoms with Gasteiger partial charge in [0.05, 0.1) is 16.2 Å². The van der Waals surface area contributed by atoms with E-state index in [1.165, 1.54) is 0 Å². The van der Waals surface area contributed by atoms with E-state index in [9.17, 15) is 17.6 Å². The highest BCUT2D eigenvalue weighted by atomic mass is 35.5. The van der Waals surface area contributed by atoms with Crippen LogP contribution in [0.2, 0.25) is 5.02 Å². The molecule has 1 aromatic rings. The fourth-order valence-corrected chi connectivity index (χ4v) is 2.30. The predicted octanol–water partition coefficient (Wildman–Crippen LogP) is 5.36. The van der Waals surface area contributed by atoms with Gasteiger partial charge in [0.25, 0.3) is 6.43 Å². The molecule has 0 aliphatic carbocycles. The number of hydrogen-bond acceptors (Lipinski definition) is 2. The van der Waals surface area contributed by atoms with Gasteiger partial charge in [0.2, 0.25) is 0 Å². The van der Waals surface area contributed by atoms with Crippen molar-refractivity contribution >= 4 is 24.8 Å². The van der Waals surface area contributed by atoms with Gasteiger partial charge in [-0.25, -0.2) is 17.6 Å². The first-order valence-corrected chi connectivity index (χ1v) is 7.32. The zero-order valence-corrected chi connectivity index (χ0v) is 13.8. The summed E-state index contributed by atoms with van der Waals surface area (Å²) in [5.74, 6) is -1.04. The first-order chi connectivity index (χ1) is 10.4. The molecule has 0 radical (unpaired) electrons. The minimum absolute atomic E-state index is 0.313. The molecule has 0 aromatic heterocycles. The van der Waals surface area contributed by atoms with Crippen molar-refractivity contribution < 1.29 is 26.9 Å². The van der Waals surface area contributed by atoms with Crippen LogP contribution in [-0.2, 0) is 9.31 Å². The number of alkyl halides is 2. The first-order valence-electron chi connectivity index (χ1n) is 6.94. The molecule has 0 saturated carbocycles. The van der Waals surface area contributed by atoms with E-state index in [4.69, 9.17) is 20.9 Å². The lowest BCUT2D eigenvalue weighted by Gasteiger charge is -2.32. The topological polar surface area (TPSA) is 18.5 Å². The van der Waals surface area contributed by atoms with Gasteiger partial charge in [-0.05, 0) is 45.9 Å². The van der Waals surface area contributed by atoms with Crippen LogP contribution in [0.25, 0.3) is 6.08 Å². The van der Waals surface area contributed by atoms with Gasteiger partial charge in [-0.1, -0.05) is 11.6 Å². The van der Waals surface area contributed by atoms with E-state index < -0.39 is 41.9 Å². The third-order valence-corrected chi connectivity index (χ3v) is 4.43. The maximum absolute atomic E-state index is 14.3. The largest absolute Gasteiger partial charge is 0.525 e. The number of rotatable bonds is 3. The smallest absolute Gasteiger partial charge is 0.398 e. The Morgan fingerprint density at radius 3 is 2.13 bits per heavy atom. The maximum atomic E-state index is 14.3. The Labute approximate surface area is 137 Å². The van der Waals surface area contributed by atoms with Crippen LogP contribution >= 0.6 is 11.6 Å². The quantitative estimate of drug-likeness (QED) is 0.540. The van der Waals surface area contributed by atoms with Gasteiger partial charge in [-0.3, -0.25) is 0 Å². The van der Waals surface area contributed by atoms with Crippen molar-refractivity contribution in [1.29, 1.82) is 0 Å². The third kappa shape index (κ3) is 3.57. The van der Waals surface area contributed by atoms with Gasteiger partial charge in [0.15, 0.2) is 0 Å². The van der Waals surface area contributed by atoms with Crippen molar-refractivity contribution in [2.45, 2.75) is 45.3 Å². The molecule has 0 bridgehead atoms. The lowest BCUT2D eigenvalue weighted by molar-refractivity contribution is 0.00578. The molecule has 0 amide bonds.